The summed E-state index contributed by atoms with van der Waals surface area (Å²) in [5.74, 6) is 0.556. The van der Waals surface area contributed by atoms with Crippen molar-refractivity contribution in [2.24, 2.45) is 27.0 Å². The van der Waals surface area contributed by atoms with Crippen LogP contribution in [0.3, 0.4) is 0 Å². The molecule has 26 heavy (non-hydrogen) atoms. The summed E-state index contributed by atoms with van der Waals surface area (Å²) in [4.78, 5) is 12.8. The van der Waals surface area contributed by atoms with Crippen molar-refractivity contribution in [3.63, 3.8) is 0 Å². The Kier molecular flexibility index (Phi) is 4.27. The molecule has 3 fully saturated rings. The van der Waals surface area contributed by atoms with Gasteiger partial charge >= 0.3 is 0 Å². The van der Waals surface area contributed by atoms with Crippen molar-refractivity contribution in [3.05, 3.63) is 39.8 Å². The van der Waals surface area contributed by atoms with E-state index in [1.165, 1.54) is 30.3 Å². The molecule has 136 valence electrons. The van der Waals surface area contributed by atoms with Crippen LogP contribution in [0.1, 0.15) is 45.6 Å². The third-order valence-corrected chi connectivity index (χ3v) is 7.74. The van der Waals surface area contributed by atoms with E-state index in [-0.39, 0.29) is 16.7 Å². The lowest BCUT2D eigenvalue weighted by molar-refractivity contribution is -0.115. The summed E-state index contributed by atoms with van der Waals surface area (Å²) < 4.78 is 0. The first-order valence-corrected chi connectivity index (χ1v) is 10.1. The van der Waals surface area contributed by atoms with E-state index in [1.54, 1.807) is 0 Å². The number of fused-ring (bicyclic) bond motifs is 2. The molecular weight excluding hydrogens is 366 g/mol. The van der Waals surface area contributed by atoms with Gasteiger partial charge in [-0.1, -0.05) is 44.5 Å². The monoisotopic (exact) mass is 387 g/mol. The van der Waals surface area contributed by atoms with Crippen LogP contribution in [0, 0.1) is 16.7 Å². The molecule has 2 bridgehead atoms. The van der Waals surface area contributed by atoms with E-state index < -0.39 is 0 Å². The van der Waals surface area contributed by atoms with E-state index in [0.29, 0.717) is 21.0 Å². The van der Waals surface area contributed by atoms with E-state index in [1.807, 2.05) is 30.3 Å². The Morgan fingerprint density at radius 2 is 1.96 bits per heavy atom. The molecule has 1 amide bonds. The molecule has 2 unspecified atom stereocenters. The molecule has 1 N–H and O–H groups in total. The van der Waals surface area contributed by atoms with Crippen LogP contribution in [-0.4, -0.2) is 16.8 Å². The summed E-state index contributed by atoms with van der Waals surface area (Å²) in [5.41, 5.74) is 2.51. The molecule has 0 spiro atoms. The number of carbonyl (C=O) groups is 1. The van der Waals surface area contributed by atoms with Gasteiger partial charge in [0.15, 0.2) is 5.17 Å². The van der Waals surface area contributed by atoms with Gasteiger partial charge in [0.2, 0.25) is 0 Å². The van der Waals surface area contributed by atoms with Crippen molar-refractivity contribution in [2.75, 3.05) is 0 Å². The minimum atomic E-state index is -0.136. The molecular formula is C20H22ClN3OS. The smallest absolute Gasteiger partial charge is 0.264 e. The quantitative estimate of drug-likeness (QED) is 0.566. The number of hydrogen-bond acceptors (Lipinski definition) is 4. The SMILES string of the molecule is CC12CCC(C/C1=N\N=C1NC(=O)/C(=C\c3ccc(Cl)cc3)S1)C2(C)C. The summed E-state index contributed by atoms with van der Waals surface area (Å²) >= 11 is 7.23. The summed E-state index contributed by atoms with van der Waals surface area (Å²) in [6.07, 6.45) is 5.31. The highest BCUT2D eigenvalue weighted by Gasteiger charge is 2.60. The van der Waals surface area contributed by atoms with Crippen LogP contribution in [0.4, 0.5) is 0 Å². The normalized spacial score (nSPS) is 34.2. The highest BCUT2D eigenvalue weighted by molar-refractivity contribution is 8.18. The molecule has 1 aromatic carbocycles. The Bertz CT molecular complexity index is 856. The molecule has 1 aliphatic heterocycles. The number of amidine groups is 1. The van der Waals surface area contributed by atoms with Crippen LogP contribution in [0.2, 0.25) is 5.02 Å². The van der Waals surface area contributed by atoms with Crippen molar-refractivity contribution in [2.45, 2.75) is 40.0 Å². The first-order chi connectivity index (χ1) is 12.3. The maximum atomic E-state index is 12.2. The molecule has 2 atom stereocenters. The predicted molar refractivity (Wildman–Crippen MR) is 109 cm³/mol. The van der Waals surface area contributed by atoms with Gasteiger partial charge in [-0.15, -0.1) is 5.10 Å². The van der Waals surface area contributed by atoms with E-state index in [9.17, 15) is 4.79 Å². The van der Waals surface area contributed by atoms with Crippen LogP contribution in [0.15, 0.2) is 39.4 Å². The lowest BCUT2D eigenvalue weighted by Gasteiger charge is -2.34. The first-order valence-electron chi connectivity index (χ1n) is 8.91. The van der Waals surface area contributed by atoms with E-state index in [4.69, 9.17) is 11.6 Å². The minimum Gasteiger partial charge on any atom is -0.299 e. The lowest BCUT2D eigenvalue weighted by Crippen LogP contribution is -2.32. The summed E-state index contributed by atoms with van der Waals surface area (Å²) in [6.45, 7) is 7.00. The Labute approximate surface area is 163 Å². The minimum absolute atomic E-state index is 0.122. The van der Waals surface area contributed by atoms with Crippen LogP contribution in [0.25, 0.3) is 6.08 Å². The zero-order chi connectivity index (χ0) is 18.5. The number of thioether (sulfide) groups is 1. The van der Waals surface area contributed by atoms with Crippen molar-refractivity contribution in [3.8, 4) is 0 Å². The fourth-order valence-corrected chi connectivity index (χ4v) is 5.27. The molecule has 4 rings (SSSR count). The van der Waals surface area contributed by atoms with E-state index in [2.05, 4.69) is 36.3 Å². The second-order valence-electron chi connectivity index (χ2n) is 8.06. The number of carbonyl (C=O) groups excluding carboxylic acids is 1. The Hall–Kier alpha value is -1.59. The van der Waals surface area contributed by atoms with Crippen molar-refractivity contribution in [1.29, 1.82) is 0 Å². The van der Waals surface area contributed by atoms with Gasteiger partial charge in [-0.3, -0.25) is 10.1 Å². The van der Waals surface area contributed by atoms with Crippen molar-refractivity contribution < 1.29 is 4.79 Å². The molecule has 1 aromatic rings. The number of nitrogens with one attached hydrogen (secondary N) is 1. The highest BCUT2D eigenvalue weighted by atomic mass is 35.5. The van der Waals surface area contributed by atoms with Gasteiger partial charge in [0.1, 0.15) is 0 Å². The fraction of sp³-hybridized carbons (Fsp3) is 0.450. The standard InChI is InChI=1S/C20H22ClN3OS/c1-19(2)13-8-9-20(19,3)16(11-13)23-24-18-22-17(25)15(26-18)10-12-4-6-14(21)7-5-12/h4-7,10,13H,8-9,11H2,1-3H3,(H,22,24,25)/b15-10+,23-16+. The second-order valence-corrected chi connectivity index (χ2v) is 9.53. The molecule has 0 aromatic heterocycles. The average molecular weight is 388 g/mol. The van der Waals surface area contributed by atoms with Gasteiger partial charge < -0.3 is 0 Å². The molecule has 4 nitrogen and oxygen atoms in total. The third-order valence-electron chi connectivity index (χ3n) is 6.59. The molecule has 3 aliphatic rings. The Balaban J connectivity index is 1.53. The van der Waals surface area contributed by atoms with Crippen molar-refractivity contribution in [1.82, 2.24) is 5.32 Å². The zero-order valence-electron chi connectivity index (χ0n) is 15.2. The topological polar surface area (TPSA) is 53.8 Å². The summed E-state index contributed by atoms with van der Waals surface area (Å²) in [7, 11) is 0. The Morgan fingerprint density at radius 1 is 1.23 bits per heavy atom. The zero-order valence-corrected chi connectivity index (χ0v) is 16.7. The second kappa shape index (κ2) is 6.24. The van der Waals surface area contributed by atoms with Gasteiger partial charge in [-0.05, 0) is 66.1 Å². The largest absolute Gasteiger partial charge is 0.299 e. The van der Waals surface area contributed by atoms with Gasteiger partial charge in [0.25, 0.3) is 5.91 Å². The number of nitrogens with zero attached hydrogens (tertiary/aromatic N) is 2. The van der Waals surface area contributed by atoms with E-state index >= 15 is 0 Å². The molecule has 1 heterocycles. The first kappa shape index (κ1) is 17.8. The molecule has 1 saturated heterocycles. The molecule has 2 saturated carbocycles. The number of benzene rings is 1. The van der Waals surface area contributed by atoms with Crippen LogP contribution < -0.4 is 5.32 Å². The number of amides is 1. The average Bonchev–Trinajstić information content (AvgIpc) is 3.12. The van der Waals surface area contributed by atoms with E-state index in [0.717, 1.165) is 12.0 Å². The molecule has 2 aliphatic carbocycles. The van der Waals surface area contributed by atoms with Gasteiger partial charge in [0, 0.05) is 16.1 Å². The Morgan fingerprint density at radius 3 is 2.58 bits per heavy atom. The van der Waals surface area contributed by atoms with Crippen molar-refractivity contribution >= 4 is 46.2 Å². The van der Waals surface area contributed by atoms with Gasteiger partial charge in [-0.25, -0.2) is 0 Å². The van der Waals surface area contributed by atoms with Gasteiger partial charge in [0.05, 0.1) is 4.91 Å². The summed E-state index contributed by atoms with van der Waals surface area (Å²) in [6, 6.07) is 7.39. The number of halogens is 1. The highest BCUT2D eigenvalue weighted by Crippen LogP contribution is 2.64. The van der Waals surface area contributed by atoms with Crippen LogP contribution >= 0.6 is 23.4 Å². The predicted octanol–water partition coefficient (Wildman–Crippen LogP) is 5.10. The maximum absolute atomic E-state index is 12.2. The number of rotatable bonds is 2. The number of hydrogen-bond donors (Lipinski definition) is 1. The van der Waals surface area contributed by atoms with Crippen LogP contribution in [-0.2, 0) is 4.79 Å². The van der Waals surface area contributed by atoms with Gasteiger partial charge in [-0.2, -0.15) is 5.10 Å². The lowest BCUT2D eigenvalue weighted by atomic mass is 9.70. The third kappa shape index (κ3) is 2.81. The fourth-order valence-electron chi connectivity index (χ4n) is 4.37. The van der Waals surface area contributed by atoms with Crippen LogP contribution in [0.5, 0.6) is 0 Å². The molecule has 6 heteroatoms. The maximum Gasteiger partial charge on any atom is 0.264 e. The molecule has 0 radical (unpaired) electrons. The summed E-state index contributed by atoms with van der Waals surface area (Å²) in [5, 5.41) is 13.0.